The smallest absolute Gasteiger partial charge is 0.0633 e. The van der Waals surface area contributed by atoms with E-state index in [0.717, 1.165) is 53.5 Å². The summed E-state index contributed by atoms with van der Waals surface area (Å²) in [6, 6.07) is 4.16. The summed E-state index contributed by atoms with van der Waals surface area (Å²) in [5, 5.41) is 0. The first-order chi connectivity index (χ1) is 13.6. The first kappa shape index (κ1) is 21.3. The second-order valence-corrected chi connectivity index (χ2v) is 6.74. The highest BCUT2D eigenvalue weighted by Crippen LogP contribution is 2.39. The Morgan fingerprint density at radius 1 is 1.00 bits per heavy atom. The van der Waals surface area contributed by atoms with Gasteiger partial charge in [-0.3, -0.25) is 0 Å². The Bertz CT molecular complexity index is 889. The topological polar surface area (TPSA) is 52.0 Å². The van der Waals surface area contributed by atoms with Gasteiger partial charge in [0.2, 0.25) is 0 Å². The molecule has 28 heavy (non-hydrogen) atoms. The first-order valence-corrected chi connectivity index (χ1v) is 10.0. The zero-order valence-electron chi connectivity index (χ0n) is 17.2. The summed E-state index contributed by atoms with van der Waals surface area (Å²) in [4.78, 5) is 0. The molecule has 1 aromatic carbocycles. The summed E-state index contributed by atoms with van der Waals surface area (Å²) in [5.41, 5.74) is 20.7. The van der Waals surface area contributed by atoms with Crippen LogP contribution in [0.5, 0.6) is 0 Å². The van der Waals surface area contributed by atoms with E-state index in [-0.39, 0.29) is 0 Å². The molecule has 1 aliphatic carbocycles. The standard InChI is InChI=1S/C26H32N2/c1-5-12-19(8-4)21(13-6-2)23-17-18-24(26(28)25(23)27)22(14-7-3)20-15-10-9-11-16-20/h5,8,10,12-18H,1,4,6-7,9,11,27-28H2,2-3H3/b19-12+,21-13-,22-14-. The van der Waals surface area contributed by atoms with Crippen LogP contribution >= 0.6 is 0 Å². The Balaban J connectivity index is 2.62. The molecule has 0 spiro atoms. The van der Waals surface area contributed by atoms with Crippen LogP contribution in [-0.2, 0) is 0 Å². The second-order valence-electron chi connectivity index (χ2n) is 6.74. The molecular formula is C26H32N2. The average molecular weight is 373 g/mol. The van der Waals surface area contributed by atoms with E-state index >= 15 is 0 Å². The molecule has 0 saturated heterocycles. The minimum absolute atomic E-state index is 0.608. The molecule has 2 heteroatoms. The van der Waals surface area contributed by atoms with Crippen LogP contribution in [0.4, 0.5) is 11.4 Å². The molecule has 0 atom stereocenters. The van der Waals surface area contributed by atoms with Gasteiger partial charge in [0, 0.05) is 11.1 Å². The highest BCUT2D eigenvalue weighted by atomic mass is 14.7. The highest BCUT2D eigenvalue weighted by molar-refractivity contribution is 5.97. The molecule has 1 aliphatic rings. The fourth-order valence-corrected chi connectivity index (χ4v) is 3.49. The predicted octanol–water partition coefficient (Wildman–Crippen LogP) is 7.01. The SMILES string of the molecule is C=C/C=C(C=C)/C(=C/CC)c1ccc(/C(=C\CC)C2=CCCC=C2)c(N)c1N. The third kappa shape index (κ3) is 4.64. The first-order valence-electron chi connectivity index (χ1n) is 10.0. The zero-order chi connectivity index (χ0) is 20.5. The number of anilines is 2. The van der Waals surface area contributed by atoms with E-state index in [1.54, 1.807) is 6.08 Å². The Kier molecular flexibility index (Phi) is 7.88. The Morgan fingerprint density at radius 2 is 1.68 bits per heavy atom. The summed E-state index contributed by atoms with van der Waals surface area (Å²) >= 11 is 0. The van der Waals surface area contributed by atoms with Crippen molar-refractivity contribution in [3.63, 3.8) is 0 Å². The van der Waals surface area contributed by atoms with E-state index < -0.39 is 0 Å². The number of benzene rings is 1. The monoisotopic (exact) mass is 372 g/mol. The minimum atomic E-state index is 0.608. The van der Waals surface area contributed by atoms with E-state index in [1.807, 2.05) is 12.2 Å². The van der Waals surface area contributed by atoms with Crippen molar-refractivity contribution in [2.75, 3.05) is 11.5 Å². The van der Waals surface area contributed by atoms with Gasteiger partial charge in [0.1, 0.15) is 0 Å². The van der Waals surface area contributed by atoms with E-state index in [0.29, 0.717) is 11.4 Å². The zero-order valence-corrected chi connectivity index (χ0v) is 17.2. The number of nitrogens with two attached hydrogens (primary N) is 2. The lowest BCUT2D eigenvalue weighted by Gasteiger charge is -2.19. The minimum Gasteiger partial charge on any atom is -0.397 e. The van der Waals surface area contributed by atoms with Gasteiger partial charge in [-0.2, -0.15) is 0 Å². The molecule has 0 fully saturated rings. The number of hydrogen-bond acceptors (Lipinski definition) is 2. The fraction of sp³-hybridized carbons (Fsp3) is 0.231. The van der Waals surface area contributed by atoms with Crippen LogP contribution in [0.3, 0.4) is 0 Å². The molecule has 0 radical (unpaired) electrons. The van der Waals surface area contributed by atoms with E-state index in [2.05, 4.69) is 69.5 Å². The molecular weight excluding hydrogens is 340 g/mol. The maximum atomic E-state index is 6.56. The summed E-state index contributed by atoms with van der Waals surface area (Å²) in [7, 11) is 0. The normalized spacial score (nSPS) is 15.4. The highest BCUT2D eigenvalue weighted by Gasteiger charge is 2.17. The summed E-state index contributed by atoms with van der Waals surface area (Å²) < 4.78 is 0. The van der Waals surface area contributed by atoms with E-state index in [1.165, 1.54) is 5.57 Å². The third-order valence-corrected chi connectivity index (χ3v) is 4.82. The van der Waals surface area contributed by atoms with E-state index in [4.69, 9.17) is 11.5 Å². The van der Waals surface area contributed by atoms with Crippen molar-refractivity contribution in [2.45, 2.75) is 39.5 Å². The van der Waals surface area contributed by atoms with Crippen molar-refractivity contribution < 1.29 is 0 Å². The molecule has 2 rings (SSSR count). The average Bonchev–Trinajstić information content (AvgIpc) is 2.72. The molecule has 0 saturated carbocycles. The van der Waals surface area contributed by atoms with Crippen molar-refractivity contribution >= 4 is 22.5 Å². The molecule has 0 aromatic heterocycles. The maximum Gasteiger partial charge on any atom is 0.0633 e. The Morgan fingerprint density at radius 3 is 2.25 bits per heavy atom. The van der Waals surface area contributed by atoms with Gasteiger partial charge in [-0.15, -0.1) is 0 Å². The summed E-state index contributed by atoms with van der Waals surface area (Å²) in [5.74, 6) is 0. The van der Waals surface area contributed by atoms with Crippen LogP contribution in [0.2, 0.25) is 0 Å². The lowest BCUT2D eigenvalue weighted by Crippen LogP contribution is -2.05. The van der Waals surface area contributed by atoms with Gasteiger partial charge in [-0.1, -0.05) is 87.7 Å². The van der Waals surface area contributed by atoms with Crippen LogP contribution in [0.1, 0.15) is 50.7 Å². The van der Waals surface area contributed by atoms with Gasteiger partial charge in [0.05, 0.1) is 11.4 Å². The van der Waals surface area contributed by atoms with Crippen LogP contribution in [0, 0.1) is 0 Å². The molecule has 2 nitrogen and oxygen atoms in total. The van der Waals surface area contributed by atoms with Crippen molar-refractivity contribution in [3.05, 3.63) is 96.2 Å². The molecule has 4 N–H and O–H groups in total. The third-order valence-electron chi connectivity index (χ3n) is 4.82. The molecule has 0 unspecified atom stereocenters. The van der Waals surface area contributed by atoms with Gasteiger partial charge in [0.25, 0.3) is 0 Å². The predicted molar refractivity (Wildman–Crippen MR) is 127 cm³/mol. The molecule has 0 amide bonds. The molecule has 0 heterocycles. The Hall–Kier alpha value is -3.00. The second kappa shape index (κ2) is 10.4. The van der Waals surface area contributed by atoms with Crippen molar-refractivity contribution in [2.24, 2.45) is 0 Å². The van der Waals surface area contributed by atoms with Crippen LogP contribution in [-0.4, -0.2) is 0 Å². The van der Waals surface area contributed by atoms with Crippen LogP contribution in [0.15, 0.2) is 85.0 Å². The number of hydrogen-bond donors (Lipinski definition) is 2. The fourth-order valence-electron chi connectivity index (χ4n) is 3.49. The lowest BCUT2D eigenvalue weighted by atomic mass is 9.88. The number of rotatable bonds is 8. The van der Waals surface area contributed by atoms with E-state index in [9.17, 15) is 0 Å². The molecule has 146 valence electrons. The van der Waals surface area contributed by atoms with Crippen molar-refractivity contribution in [1.82, 2.24) is 0 Å². The number of allylic oxidation sites excluding steroid dienone is 12. The van der Waals surface area contributed by atoms with Gasteiger partial charge in [-0.05, 0) is 48.0 Å². The molecule has 0 bridgehead atoms. The molecule has 1 aromatic rings. The summed E-state index contributed by atoms with van der Waals surface area (Å²) in [6.07, 6.45) is 20.5. The summed E-state index contributed by atoms with van der Waals surface area (Å²) in [6.45, 7) is 12.0. The van der Waals surface area contributed by atoms with Crippen molar-refractivity contribution in [3.8, 4) is 0 Å². The lowest BCUT2D eigenvalue weighted by molar-refractivity contribution is 1.03. The van der Waals surface area contributed by atoms with Gasteiger partial charge < -0.3 is 11.5 Å². The maximum absolute atomic E-state index is 6.56. The largest absolute Gasteiger partial charge is 0.397 e. The number of nitrogen functional groups attached to an aromatic ring is 2. The van der Waals surface area contributed by atoms with Gasteiger partial charge in [0.15, 0.2) is 0 Å². The molecule has 0 aliphatic heterocycles. The quantitative estimate of drug-likeness (QED) is 0.381. The van der Waals surface area contributed by atoms with Gasteiger partial charge in [-0.25, -0.2) is 0 Å². The van der Waals surface area contributed by atoms with Gasteiger partial charge >= 0.3 is 0 Å². The van der Waals surface area contributed by atoms with Crippen LogP contribution in [0.25, 0.3) is 11.1 Å². The van der Waals surface area contributed by atoms with Crippen molar-refractivity contribution in [1.29, 1.82) is 0 Å². The Labute approximate surface area is 170 Å². The van der Waals surface area contributed by atoms with Crippen LogP contribution < -0.4 is 11.5 Å².